The Kier molecular flexibility index (Phi) is 5.30. The molecule has 4 aromatic rings. The van der Waals surface area contributed by atoms with Crippen LogP contribution in [0.5, 0.6) is 0 Å². The lowest BCUT2D eigenvalue weighted by Gasteiger charge is -2.30. The van der Waals surface area contributed by atoms with E-state index in [2.05, 4.69) is 20.4 Å². The van der Waals surface area contributed by atoms with E-state index in [1.54, 1.807) is 6.07 Å². The van der Waals surface area contributed by atoms with Crippen LogP contribution in [0.15, 0.2) is 53.2 Å². The number of piperidine rings is 1. The van der Waals surface area contributed by atoms with Gasteiger partial charge in [0.15, 0.2) is 5.58 Å². The van der Waals surface area contributed by atoms with Crippen molar-refractivity contribution in [1.29, 1.82) is 0 Å². The number of nitrogens with one attached hydrogen (secondary N) is 2. The van der Waals surface area contributed by atoms with Crippen LogP contribution in [0.3, 0.4) is 0 Å². The molecule has 0 unspecified atom stereocenters. The van der Waals surface area contributed by atoms with Crippen molar-refractivity contribution in [3.05, 3.63) is 60.2 Å². The predicted molar refractivity (Wildman–Crippen MR) is 116 cm³/mol. The Bertz CT molecular complexity index is 1210. The fourth-order valence-corrected chi connectivity index (χ4v) is 4.21. The lowest BCUT2D eigenvalue weighted by Crippen LogP contribution is -2.36. The first-order chi connectivity index (χ1) is 15.2. The van der Waals surface area contributed by atoms with Crippen LogP contribution in [-0.2, 0) is 4.74 Å². The number of anilines is 1. The Labute approximate surface area is 178 Å². The zero-order chi connectivity index (χ0) is 21.2. The maximum atomic E-state index is 13.3. The van der Waals surface area contributed by atoms with E-state index in [1.807, 2.05) is 30.5 Å². The Balaban J connectivity index is 1.08. The topological polar surface area (TPSA) is 83.4 Å². The van der Waals surface area contributed by atoms with Gasteiger partial charge in [0.2, 0.25) is 0 Å². The minimum absolute atomic E-state index is 0.288. The van der Waals surface area contributed by atoms with Crippen LogP contribution in [0.4, 0.5) is 14.9 Å². The van der Waals surface area contributed by atoms with Gasteiger partial charge >= 0.3 is 6.09 Å². The van der Waals surface area contributed by atoms with Crippen LogP contribution in [0.1, 0.15) is 24.5 Å². The van der Waals surface area contributed by atoms with Gasteiger partial charge in [0.05, 0.1) is 5.69 Å². The first kappa shape index (κ1) is 19.6. The molecule has 0 saturated carbocycles. The van der Waals surface area contributed by atoms with E-state index in [1.165, 1.54) is 12.1 Å². The molecule has 0 atom stereocenters. The van der Waals surface area contributed by atoms with Crippen LogP contribution in [0.25, 0.3) is 21.9 Å². The van der Waals surface area contributed by atoms with Crippen LogP contribution in [0, 0.1) is 5.82 Å². The van der Waals surface area contributed by atoms with Gasteiger partial charge in [-0.15, -0.1) is 0 Å². The predicted octanol–water partition coefficient (Wildman–Crippen LogP) is 4.88. The van der Waals surface area contributed by atoms with Crippen molar-refractivity contribution < 1.29 is 18.4 Å². The number of likely N-dealkylation sites (tertiary alicyclic amines) is 1. The fourth-order valence-electron chi connectivity index (χ4n) is 4.21. The number of halogens is 1. The Hall–Kier alpha value is -3.39. The number of amides is 1. The minimum Gasteiger partial charge on any atom is -0.448 e. The second-order valence-electron chi connectivity index (χ2n) is 7.86. The zero-order valence-electron chi connectivity index (χ0n) is 16.9. The molecule has 8 heteroatoms. The number of carbonyl (C=O) groups is 1. The lowest BCUT2D eigenvalue weighted by molar-refractivity contribution is 0.128. The molecule has 1 aliphatic rings. The Morgan fingerprint density at radius 2 is 2.10 bits per heavy atom. The molecular weight excluding hydrogens is 399 g/mol. The number of hydrogen-bond acceptors (Lipinski definition) is 5. The molecule has 7 nitrogen and oxygen atoms in total. The van der Waals surface area contributed by atoms with Gasteiger partial charge in [-0.1, -0.05) is 5.16 Å². The van der Waals surface area contributed by atoms with E-state index in [0.717, 1.165) is 47.9 Å². The van der Waals surface area contributed by atoms with E-state index in [0.29, 0.717) is 24.4 Å². The van der Waals surface area contributed by atoms with Gasteiger partial charge in [0, 0.05) is 46.7 Å². The monoisotopic (exact) mass is 422 g/mol. The summed E-state index contributed by atoms with van der Waals surface area (Å²) < 4.78 is 24.0. The molecule has 0 spiro atoms. The van der Waals surface area contributed by atoms with Gasteiger partial charge in [0.1, 0.15) is 12.4 Å². The van der Waals surface area contributed by atoms with Crippen molar-refractivity contribution >= 4 is 33.7 Å². The number of nitrogens with zero attached hydrogens (tertiary/aromatic N) is 2. The molecule has 31 heavy (non-hydrogen) atoms. The largest absolute Gasteiger partial charge is 0.448 e. The summed E-state index contributed by atoms with van der Waals surface area (Å²) in [5, 5.41) is 8.88. The molecule has 5 rings (SSSR count). The van der Waals surface area contributed by atoms with E-state index < -0.39 is 6.09 Å². The van der Waals surface area contributed by atoms with Gasteiger partial charge < -0.3 is 14.2 Å². The summed E-state index contributed by atoms with van der Waals surface area (Å²) in [6, 6.07) is 12.2. The number of aromatic nitrogens is 2. The molecular formula is C23H23FN4O3. The quantitative estimate of drug-likeness (QED) is 0.479. The summed E-state index contributed by atoms with van der Waals surface area (Å²) in [5.74, 6) is -0.0328. The zero-order valence-corrected chi connectivity index (χ0v) is 16.9. The second-order valence-corrected chi connectivity index (χ2v) is 7.86. The normalized spacial score (nSPS) is 15.5. The van der Waals surface area contributed by atoms with Crippen LogP contribution >= 0.6 is 0 Å². The van der Waals surface area contributed by atoms with Gasteiger partial charge in [-0.3, -0.25) is 10.2 Å². The molecule has 160 valence electrons. The number of benzene rings is 2. The summed E-state index contributed by atoms with van der Waals surface area (Å²) in [4.78, 5) is 17.5. The summed E-state index contributed by atoms with van der Waals surface area (Å²) in [6.45, 7) is 2.78. The number of H-pyrrole nitrogens is 1. The van der Waals surface area contributed by atoms with Crippen LogP contribution in [-0.4, -0.2) is 47.4 Å². The van der Waals surface area contributed by atoms with E-state index in [9.17, 15) is 9.18 Å². The molecule has 0 bridgehead atoms. The molecule has 1 aliphatic heterocycles. The minimum atomic E-state index is -0.453. The van der Waals surface area contributed by atoms with Crippen LogP contribution < -0.4 is 5.32 Å². The molecule has 1 fully saturated rings. The van der Waals surface area contributed by atoms with Crippen molar-refractivity contribution in [3.63, 3.8) is 0 Å². The molecule has 1 saturated heterocycles. The highest BCUT2D eigenvalue weighted by molar-refractivity contribution is 5.90. The third-order valence-electron chi connectivity index (χ3n) is 5.88. The lowest BCUT2D eigenvalue weighted by atomic mass is 9.91. The summed E-state index contributed by atoms with van der Waals surface area (Å²) in [7, 11) is 0. The van der Waals surface area contributed by atoms with Gasteiger partial charge in [-0.05, 0) is 62.3 Å². The van der Waals surface area contributed by atoms with E-state index in [4.69, 9.17) is 9.26 Å². The van der Waals surface area contributed by atoms with E-state index >= 15 is 0 Å². The highest BCUT2D eigenvalue weighted by Gasteiger charge is 2.25. The maximum Gasteiger partial charge on any atom is 0.411 e. The highest BCUT2D eigenvalue weighted by atomic mass is 19.1. The van der Waals surface area contributed by atoms with Crippen molar-refractivity contribution in [3.8, 4) is 0 Å². The fraction of sp³-hybridized carbons (Fsp3) is 0.304. The maximum absolute atomic E-state index is 13.3. The summed E-state index contributed by atoms with van der Waals surface area (Å²) in [6.07, 6.45) is 3.27. The first-order valence-corrected chi connectivity index (χ1v) is 10.4. The molecule has 0 radical (unpaired) electrons. The van der Waals surface area contributed by atoms with Gasteiger partial charge in [-0.2, -0.15) is 0 Å². The summed E-state index contributed by atoms with van der Waals surface area (Å²) in [5.41, 5.74) is 3.13. The third-order valence-corrected chi connectivity index (χ3v) is 5.88. The molecule has 2 N–H and O–H groups in total. The number of ether oxygens (including phenoxy) is 1. The van der Waals surface area contributed by atoms with Crippen molar-refractivity contribution in [2.24, 2.45) is 0 Å². The number of rotatable bonds is 5. The average Bonchev–Trinajstić information content (AvgIpc) is 3.40. The average molecular weight is 422 g/mol. The van der Waals surface area contributed by atoms with Gasteiger partial charge in [0.25, 0.3) is 0 Å². The number of hydrogen-bond donors (Lipinski definition) is 2. The third kappa shape index (κ3) is 4.25. The number of fused-ring (bicyclic) bond motifs is 2. The van der Waals surface area contributed by atoms with E-state index in [-0.39, 0.29) is 11.7 Å². The molecule has 0 aliphatic carbocycles. The molecule has 3 heterocycles. The standard InChI is InChI=1S/C23H23FN4O3/c24-17-1-3-19-21(14-17)31-27-22(19)15-6-9-28(10-7-15)11-12-30-23(29)26-18-2-4-20-16(13-18)5-8-25-20/h1-5,8,13-15,25H,6-7,9-12H2,(H,26,29). The van der Waals surface area contributed by atoms with Crippen molar-refractivity contribution in [2.45, 2.75) is 18.8 Å². The molecule has 2 aromatic heterocycles. The van der Waals surface area contributed by atoms with Crippen LogP contribution in [0.2, 0.25) is 0 Å². The Morgan fingerprint density at radius 3 is 2.97 bits per heavy atom. The Morgan fingerprint density at radius 1 is 1.23 bits per heavy atom. The molecule has 2 aromatic carbocycles. The van der Waals surface area contributed by atoms with Crippen molar-refractivity contribution in [1.82, 2.24) is 15.0 Å². The molecule has 1 amide bonds. The first-order valence-electron chi connectivity index (χ1n) is 10.4. The number of aromatic amines is 1. The second kappa shape index (κ2) is 8.39. The number of carbonyl (C=O) groups excluding carboxylic acids is 1. The smallest absolute Gasteiger partial charge is 0.411 e. The SMILES string of the molecule is O=C(Nc1ccc2[nH]ccc2c1)OCCN1CCC(c2noc3cc(F)ccc23)CC1. The van der Waals surface area contributed by atoms with Gasteiger partial charge in [-0.25, -0.2) is 9.18 Å². The van der Waals surface area contributed by atoms with Crippen molar-refractivity contribution in [2.75, 3.05) is 31.6 Å². The highest BCUT2D eigenvalue weighted by Crippen LogP contribution is 2.32. The summed E-state index contributed by atoms with van der Waals surface area (Å²) >= 11 is 0.